The number of ether oxygens (including phenoxy) is 1. The van der Waals surface area contributed by atoms with Crippen molar-refractivity contribution >= 4 is 16.1 Å². The normalized spacial score (nSPS) is 14.9. The van der Waals surface area contributed by atoms with Crippen LogP contribution in [0.4, 0.5) is 0 Å². The monoisotopic (exact) mass is 378 g/mol. The van der Waals surface area contributed by atoms with Crippen LogP contribution in [0.15, 0.2) is 0 Å². The second-order valence-electron chi connectivity index (χ2n) is 9.98. The molecule has 0 bridgehead atoms. The molecule has 0 aromatic carbocycles. The van der Waals surface area contributed by atoms with Crippen LogP contribution in [0.25, 0.3) is 0 Å². The molecule has 0 saturated heterocycles. The number of likely N-dealkylation sites (N-methyl/N-ethyl adjacent to an activating group) is 1. The molecule has 0 heterocycles. The van der Waals surface area contributed by atoms with E-state index in [2.05, 4.69) is 46.8 Å². The van der Waals surface area contributed by atoms with Crippen LogP contribution in [0.1, 0.15) is 12.8 Å². The second-order valence-corrected chi connectivity index (χ2v) is 20.9. The summed E-state index contributed by atoms with van der Waals surface area (Å²) in [4.78, 5) is 0. The maximum Gasteiger partial charge on any atom is 0.126 e. The molecule has 0 rings (SSSR count). The van der Waals surface area contributed by atoms with Gasteiger partial charge in [0.1, 0.15) is 12.6 Å². The third-order valence-electron chi connectivity index (χ3n) is 4.63. The van der Waals surface area contributed by atoms with Crippen molar-refractivity contribution in [3.63, 3.8) is 0 Å². The predicted octanol–water partition coefficient (Wildman–Crippen LogP) is 3.26. The van der Waals surface area contributed by atoms with Gasteiger partial charge in [0.05, 0.1) is 27.2 Å². The van der Waals surface area contributed by atoms with Crippen molar-refractivity contribution in [1.82, 2.24) is 0 Å². The molecule has 2 N–H and O–H groups in total. The Hall–Kier alpha value is 0.274. The van der Waals surface area contributed by atoms with Crippen molar-refractivity contribution in [3.05, 3.63) is 0 Å². The Labute approximate surface area is 152 Å². The molecule has 0 aliphatic carbocycles. The largest absolute Gasteiger partial charge is 0.396 e. The van der Waals surface area contributed by atoms with Crippen LogP contribution < -0.4 is 0 Å². The lowest BCUT2D eigenvalue weighted by Gasteiger charge is -2.31. The number of nitrogens with zero attached hydrogens (tertiary/aromatic N) is 1. The molecule has 146 valence electrons. The molecule has 0 aromatic heterocycles. The first kappa shape index (κ1) is 24.3. The molecule has 6 heteroatoms. The van der Waals surface area contributed by atoms with Crippen molar-refractivity contribution in [1.29, 1.82) is 0 Å². The van der Waals surface area contributed by atoms with E-state index >= 15 is 0 Å². The van der Waals surface area contributed by atoms with Crippen LogP contribution in [0.5, 0.6) is 0 Å². The zero-order chi connectivity index (χ0) is 18.9. The lowest BCUT2D eigenvalue weighted by molar-refractivity contribution is -0.893. The molecule has 1 unspecified atom stereocenters. The van der Waals surface area contributed by atoms with E-state index < -0.39 is 22.3 Å². The van der Waals surface area contributed by atoms with Crippen molar-refractivity contribution < 1.29 is 19.4 Å². The van der Waals surface area contributed by atoms with Gasteiger partial charge >= 0.3 is 0 Å². The van der Waals surface area contributed by atoms with Gasteiger partial charge in [-0.05, 0) is 6.42 Å². The first-order valence-corrected chi connectivity index (χ1v) is 16.7. The standard InChI is InChI=1S/C18H44NO3Si2/c1-19(2,10-8-11-20)16-18(21)17-22-12-9-13-24(6,7)15-14-23(3,4)5/h18,20-21H,8-17H2,1-7H3/q+1. The van der Waals surface area contributed by atoms with E-state index in [1.54, 1.807) is 0 Å². The number of hydrogen-bond donors (Lipinski definition) is 2. The zero-order valence-electron chi connectivity index (χ0n) is 17.4. The van der Waals surface area contributed by atoms with Gasteiger partial charge in [-0.2, -0.15) is 0 Å². The minimum Gasteiger partial charge on any atom is -0.396 e. The molecule has 24 heavy (non-hydrogen) atoms. The Balaban J connectivity index is 3.85. The molecular formula is C18H44NO3Si2+. The summed E-state index contributed by atoms with van der Waals surface area (Å²) < 4.78 is 6.43. The zero-order valence-corrected chi connectivity index (χ0v) is 19.4. The van der Waals surface area contributed by atoms with E-state index in [4.69, 9.17) is 9.84 Å². The van der Waals surface area contributed by atoms with Crippen LogP contribution in [-0.2, 0) is 4.74 Å². The minimum absolute atomic E-state index is 0.214. The van der Waals surface area contributed by atoms with Crippen LogP contribution in [0.2, 0.25) is 50.9 Å². The van der Waals surface area contributed by atoms with Gasteiger partial charge in [0.25, 0.3) is 0 Å². The van der Waals surface area contributed by atoms with Crippen molar-refractivity contribution in [3.8, 4) is 0 Å². The van der Waals surface area contributed by atoms with Gasteiger partial charge in [-0.15, -0.1) is 0 Å². The van der Waals surface area contributed by atoms with E-state index in [0.717, 1.165) is 30.5 Å². The Kier molecular flexibility index (Phi) is 11.2. The van der Waals surface area contributed by atoms with E-state index in [-0.39, 0.29) is 6.61 Å². The first-order valence-electron chi connectivity index (χ1n) is 9.56. The highest BCUT2D eigenvalue weighted by Gasteiger charge is 2.24. The molecule has 0 aliphatic rings. The lowest BCUT2D eigenvalue weighted by Crippen LogP contribution is -2.47. The maximum absolute atomic E-state index is 10.1. The van der Waals surface area contributed by atoms with Gasteiger partial charge in [0, 0.05) is 35.8 Å². The van der Waals surface area contributed by atoms with E-state index in [1.165, 1.54) is 18.1 Å². The third kappa shape index (κ3) is 14.6. The summed E-state index contributed by atoms with van der Waals surface area (Å²) in [6.45, 7) is 15.4. The Morgan fingerprint density at radius 2 is 1.58 bits per heavy atom. The Morgan fingerprint density at radius 1 is 0.958 bits per heavy atom. The summed E-state index contributed by atoms with van der Waals surface area (Å²) in [7, 11) is 2.18. The SMILES string of the molecule is C[N+](C)(CCCO)CC(O)COCCC[Si](C)(C)CC[Si](C)(C)C. The fraction of sp³-hybridized carbons (Fsp3) is 1.00. The summed E-state index contributed by atoms with van der Waals surface area (Å²) in [6, 6.07) is 4.22. The lowest BCUT2D eigenvalue weighted by atomic mass is 10.3. The molecule has 4 nitrogen and oxygen atoms in total. The molecule has 0 fully saturated rings. The van der Waals surface area contributed by atoms with Gasteiger partial charge in [-0.25, -0.2) is 0 Å². The highest BCUT2D eigenvalue weighted by atomic mass is 28.3. The molecule has 0 amide bonds. The number of aliphatic hydroxyl groups is 2. The maximum atomic E-state index is 10.1. The molecule has 0 radical (unpaired) electrons. The number of hydrogen-bond acceptors (Lipinski definition) is 3. The van der Waals surface area contributed by atoms with E-state index in [1.807, 2.05) is 0 Å². The highest BCUT2D eigenvalue weighted by Crippen LogP contribution is 2.24. The number of quaternary nitrogens is 1. The molecule has 0 aliphatic heterocycles. The van der Waals surface area contributed by atoms with Crippen molar-refractivity contribution in [2.75, 3.05) is 47.0 Å². The van der Waals surface area contributed by atoms with Gasteiger partial charge < -0.3 is 19.4 Å². The van der Waals surface area contributed by atoms with E-state index in [0.29, 0.717) is 13.2 Å². The summed E-state index contributed by atoms with van der Waals surface area (Å²) >= 11 is 0. The van der Waals surface area contributed by atoms with Crippen LogP contribution >= 0.6 is 0 Å². The fourth-order valence-electron chi connectivity index (χ4n) is 2.92. The van der Waals surface area contributed by atoms with Crippen LogP contribution in [0.3, 0.4) is 0 Å². The summed E-state index contributed by atoms with van der Waals surface area (Å²) in [5.41, 5.74) is 0. The van der Waals surface area contributed by atoms with E-state index in [9.17, 15) is 5.11 Å². The number of rotatable bonds is 14. The molecule has 0 saturated carbocycles. The highest BCUT2D eigenvalue weighted by molar-refractivity contribution is 6.82. The molecule has 0 spiro atoms. The third-order valence-corrected chi connectivity index (χ3v) is 10.2. The number of aliphatic hydroxyl groups excluding tert-OH is 2. The second kappa shape index (κ2) is 11.1. The smallest absolute Gasteiger partial charge is 0.126 e. The molecular weight excluding hydrogens is 334 g/mol. The van der Waals surface area contributed by atoms with Crippen molar-refractivity contribution in [2.45, 2.75) is 69.8 Å². The Bertz CT molecular complexity index is 331. The molecule has 1 atom stereocenters. The van der Waals surface area contributed by atoms with Gasteiger partial charge in [-0.1, -0.05) is 50.9 Å². The van der Waals surface area contributed by atoms with Crippen LogP contribution in [-0.4, -0.2) is 84.0 Å². The van der Waals surface area contributed by atoms with Crippen molar-refractivity contribution in [2.24, 2.45) is 0 Å². The average molecular weight is 379 g/mol. The first-order chi connectivity index (χ1) is 10.9. The van der Waals surface area contributed by atoms with Crippen LogP contribution in [0, 0.1) is 0 Å². The Morgan fingerprint density at radius 3 is 2.12 bits per heavy atom. The average Bonchev–Trinajstić information content (AvgIpc) is 2.41. The quantitative estimate of drug-likeness (QED) is 0.277. The van der Waals surface area contributed by atoms with Gasteiger partial charge in [-0.3, -0.25) is 0 Å². The minimum atomic E-state index is -1.08. The summed E-state index contributed by atoms with van der Waals surface area (Å²) in [5.74, 6) is 0. The topological polar surface area (TPSA) is 49.7 Å². The van der Waals surface area contributed by atoms with Gasteiger partial charge in [0.2, 0.25) is 0 Å². The summed E-state index contributed by atoms with van der Waals surface area (Å²) in [6.07, 6.45) is 1.48. The fourth-order valence-corrected chi connectivity index (χ4v) is 9.98. The van der Waals surface area contributed by atoms with Gasteiger partial charge in [0.15, 0.2) is 0 Å². The molecule has 0 aromatic rings. The predicted molar refractivity (Wildman–Crippen MR) is 110 cm³/mol. The summed E-state index contributed by atoms with van der Waals surface area (Å²) in [5, 5.41) is 19.0.